The molecule has 4 heterocycles. The van der Waals surface area contributed by atoms with E-state index < -0.39 is 18.0 Å². The first kappa shape index (κ1) is 23.6. The zero-order valence-corrected chi connectivity index (χ0v) is 19.2. The van der Waals surface area contributed by atoms with Crippen LogP contribution in [0.4, 0.5) is 20.3 Å². The van der Waals surface area contributed by atoms with Crippen molar-refractivity contribution in [3.8, 4) is 0 Å². The monoisotopic (exact) mass is 489 g/mol. The van der Waals surface area contributed by atoms with Crippen LogP contribution in [0.2, 0.25) is 0 Å². The molecule has 3 N–H and O–H groups in total. The number of amides is 1. The minimum absolute atomic E-state index is 0.0266. The molecule has 2 aliphatic rings. The summed E-state index contributed by atoms with van der Waals surface area (Å²) in [6, 6.07) is 1.71. The van der Waals surface area contributed by atoms with Crippen LogP contribution in [0.25, 0.3) is 5.65 Å². The van der Waals surface area contributed by atoms with Crippen LogP contribution in [0.1, 0.15) is 67.0 Å². The quantitative estimate of drug-likeness (QED) is 0.444. The summed E-state index contributed by atoms with van der Waals surface area (Å²) in [4.78, 5) is 17.5. The van der Waals surface area contributed by atoms with Crippen molar-refractivity contribution in [1.29, 1.82) is 0 Å². The number of nitrogens with zero attached hydrogens (tertiary/aromatic N) is 5. The molecule has 1 aliphatic heterocycles. The van der Waals surface area contributed by atoms with Gasteiger partial charge in [-0.2, -0.15) is 10.2 Å². The van der Waals surface area contributed by atoms with Gasteiger partial charge in [-0.15, -0.1) is 0 Å². The first-order chi connectivity index (χ1) is 17.0. The lowest BCUT2D eigenvalue weighted by Crippen LogP contribution is -2.20. The molecule has 1 aliphatic carbocycles. The van der Waals surface area contributed by atoms with E-state index in [-0.39, 0.29) is 35.9 Å². The second kappa shape index (κ2) is 10.2. The summed E-state index contributed by atoms with van der Waals surface area (Å²) in [6.45, 7) is 1.50. The van der Waals surface area contributed by atoms with Gasteiger partial charge in [0.25, 0.3) is 12.3 Å². The Morgan fingerprint density at radius 1 is 1.26 bits per heavy atom. The molecule has 35 heavy (non-hydrogen) atoms. The van der Waals surface area contributed by atoms with Crippen molar-refractivity contribution >= 4 is 23.1 Å². The summed E-state index contributed by atoms with van der Waals surface area (Å²) < 4.78 is 36.0. The number of aromatic nitrogens is 5. The predicted molar refractivity (Wildman–Crippen MR) is 124 cm³/mol. The maximum atomic E-state index is 13.7. The van der Waals surface area contributed by atoms with E-state index >= 15 is 0 Å². The molecule has 5 rings (SSSR count). The molecule has 1 saturated carbocycles. The lowest BCUT2D eigenvalue weighted by Gasteiger charge is -2.27. The molecule has 0 bridgehead atoms. The molecule has 3 aromatic heterocycles. The highest BCUT2D eigenvalue weighted by atomic mass is 19.3. The number of hydrogen-bond donors (Lipinski definition) is 3. The number of fused-ring (bicyclic) bond motifs is 1. The third kappa shape index (κ3) is 5.13. The maximum Gasteiger partial charge on any atom is 0.284 e. The van der Waals surface area contributed by atoms with Gasteiger partial charge in [-0.1, -0.05) is 0 Å². The standard InChI is InChI=1S/C23H29F2N7O3/c24-21(25)20-18(12-32(30-20)15-5-3-14(13-33)4-6-15)28-23(34)17-11-27-31-8-7-19(29-22(17)31)26-10-16-2-1-9-35-16/h7-8,11-12,14-16,21,33H,1-6,9-10,13H2,(H,26,29)(H,28,34)/t14?,15?,16-/m1/s1. The smallest absolute Gasteiger partial charge is 0.284 e. The molecule has 2 fully saturated rings. The van der Waals surface area contributed by atoms with Gasteiger partial charge in [0.15, 0.2) is 11.3 Å². The van der Waals surface area contributed by atoms with Gasteiger partial charge in [-0.3, -0.25) is 9.48 Å². The number of carbonyl (C=O) groups is 1. The molecule has 1 amide bonds. The molecule has 0 spiro atoms. The van der Waals surface area contributed by atoms with Gasteiger partial charge < -0.3 is 20.5 Å². The van der Waals surface area contributed by atoms with E-state index in [9.17, 15) is 18.7 Å². The van der Waals surface area contributed by atoms with Gasteiger partial charge in [-0.05, 0) is 50.5 Å². The van der Waals surface area contributed by atoms with Gasteiger partial charge in [0.05, 0.1) is 24.0 Å². The normalized spacial score (nSPS) is 22.7. The molecule has 0 unspecified atom stereocenters. The van der Waals surface area contributed by atoms with Crippen LogP contribution >= 0.6 is 0 Å². The summed E-state index contributed by atoms with van der Waals surface area (Å²) in [5.41, 5.74) is -0.0115. The van der Waals surface area contributed by atoms with Crippen molar-refractivity contribution in [3.63, 3.8) is 0 Å². The molecule has 0 aromatic carbocycles. The molecule has 3 aromatic rings. The zero-order chi connectivity index (χ0) is 24.4. The summed E-state index contributed by atoms with van der Waals surface area (Å²) in [7, 11) is 0. The van der Waals surface area contributed by atoms with Crippen LogP contribution in [0, 0.1) is 5.92 Å². The Bertz CT molecular complexity index is 1170. The molecule has 10 nitrogen and oxygen atoms in total. The highest BCUT2D eigenvalue weighted by molar-refractivity contribution is 6.08. The second-order valence-electron chi connectivity index (χ2n) is 9.18. The van der Waals surface area contributed by atoms with Crippen molar-refractivity contribution < 1.29 is 23.4 Å². The van der Waals surface area contributed by atoms with Crippen molar-refractivity contribution in [2.75, 3.05) is 30.4 Å². The molecular weight excluding hydrogens is 460 g/mol. The number of carbonyl (C=O) groups excluding carboxylic acids is 1. The van der Waals surface area contributed by atoms with E-state index in [0.717, 1.165) is 45.1 Å². The number of aliphatic hydroxyl groups is 1. The van der Waals surface area contributed by atoms with Gasteiger partial charge in [-0.25, -0.2) is 18.3 Å². The minimum Gasteiger partial charge on any atom is -0.396 e. The number of ether oxygens (including phenoxy) is 1. The summed E-state index contributed by atoms with van der Waals surface area (Å²) in [5.74, 6) is 0.222. The number of hydrogen-bond acceptors (Lipinski definition) is 7. The Balaban J connectivity index is 1.32. The number of halogens is 2. The predicted octanol–water partition coefficient (Wildman–Crippen LogP) is 3.43. The molecule has 12 heteroatoms. The zero-order valence-electron chi connectivity index (χ0n) is 19.2. The Labute approximate surface area is 200 Å². The first-order valence-electron chi connectivity index (χ1n) is 12.0. The second-order valence-corrected chi connectivity index (χ2v) is 9.18. The summed E-state index contributed by atoms with van der Waals surface area (Å²) >= 11 is 0. The van der Waals surface area contributed by atoms with E-state index in [1.54, 1.807) is 12.3 Å². The average Bonchev–Trinajstić information content (AvgIpc) is 3.62. The van der Waals surface area contributed by atoms with Gasteiger partial charge >= 0.3 is 0 Å². The topological polar surface area (TPSA) is 119 Å². The summed E-state index contributed by atoms with van der Waals surface area (Å²) in [5, 5.41) is 23.4. The molecule has 0 radical (unpaired) electrons. The van der Waals surface area contributed by atoms with E-state index in [2.05, 4.69) is 25.8 Å². The van der Waals surface area contributed by atoms with E-state index in [0.29, 0.717) is 18.0 Å². The van der Waals surface area contributed by atoms with Crippen molar-refractivity contribution in [2.24, 2.45) is 5.92 Å². The van der Waals surface area contributed by atoms with Crippen molar-refractivity contribution in [3.05, 3.63) is 35.9 Å². The Morgan fingerprint density at radius 3 is 2.80 bits per heavy atom. The highest BCUT2D eigenvalue weighted by Gasteiger charge is 2.27. The summed E-state index contributed by atoms with van der Waals surface area (Å²) in [6.07, 6.45) is 6.92. The van der Waals surface area contributed by atoms with Crippen molar-refractivity contribution in [1.82, 2.24) is 24.4 Å². The lowest BCUT2D eigenvalue weighted by atomic mass is 9.87. The van der Waals surface area contributed by atoms with Crippen LogP contribution in [0.5, 0.6) is 0 Å². The molecule has 188 valence electrons. The lowest BCUT2D eigenvalue weighted by molar-refractivity contribution is 0.102. The number of aliphatic hydroxyl groups excluding tert-OH is 1. The highest BCUT2D eigenvalue weighted by Crippen LogP contribution is 2.34. The number of anilines is 2. The molecule has 1 saturated heterocycles. The maximum absolute atomic E-state index is 13.7. The van der Waals surface area contributed by atoms with Gasteiger partial charge in [0, 0.05) is 32.2 Å². The van der Waals surface area contributed by atoms with Crippen molar-refractivity contribution in [2.45, 2.75) is 57.1 Å². The van der Waals surface area contributed by atoms with E-state index in [1.165, 1.54) is 21.6 Å². The minimum atomic E-state index is -2.84. The van der Waals surface area contributed by atoms with Crippen LogP contribution in [0.3, 0.4) is 0 Å². The van der Waals surface area contributed by atoms with Crippen LogP contribution in [0.15, 0.2) is 24.7 Å². The number of rotatable bonds is 8. The third-order valence-electron chi connectivity index (χ3n) is 6.81. The fourth-order valence-corrected chi connectivity index (χ4v) is 4.78. The van der Waals surface area contributed by atoms with Crippen LogP contribution < -0.4 is 10.6 Å². The van der Waals surface area contributed by atoms with E-state index in [1.807, 2.05) is 0 Å². The van der Waals surface area contributed by atoms with Gasteiger partial charge in [0.2, 0.25) is 0 Å². The van der Waals surface area contributed by atoms with Crippen LogP contribution in [-0.2, 0) is 4.74 Å². The Morgan fingerprint density at radius 2 is 2.09 bits per heavy atom. The molecule has 1 atom stereocenters. The number of alkyl halides is 2. The average molecular weight is 490 g/mol. The first-order valence-corrected chi connectivity index (χ1v) is 12.0. The largest absolute Gasteiger partial charge is 0.396 e. The SMILES string of the molecule is O=C(Nc1cn(C2CCC(CO)CC2)nc1C(F)F)c1cnn2ccc(NC[C@H]3CCCO3)nc12. The van der Waals surface area contributed by atoms with Gasteiger partial charge in [0.1, 0.15) is 11.4 Å². The van der Waals surface area contributed by atoms with Crippen LogP contribution in [-0.4, -0.2) is 61.3 Å². The third-order valence-corrected chi connectivity index (χ3v) is 6.81. The Kier molecular flexibility index (Phi) is 6.91. The number of nitrogens with one attached hydrogen (secondary N) is 2. The fourth-order valence-electron chi connectivity index (χ4n) is 4.78. The van der Waals surface area contributed by atoms with E-state index in [4.69, 9.17) is 4.74 Å². The Hall–Kier alpha value is -3.12. The molecular formula is C23H29F2N7O3. The fraction of sp³-hybridized carbons (Fsp3) is 0.565.